The van der Waals surface area contributed by atoms with Gasteiger partial charge in [0.05, 0.1) is 11.6 Å². The van der Waals surface area contributed by atoms with Crippen molar-refractivity contribution < 1.29 is 19.4 Å². The van der Waals surface area contributed by atoms with Crippen LogP contribution in [-0.4, -0.2) is 23.6 Å². The van der Waals surface area contributed by atoms with Crippen LogP contribution in [-0.2, 0) is 9.53 Å². The normalized spacial score (nSPS) is 11.6. The average Bonchev–Trinajstić information content (AvgIpc) is 2.59. The van der Waals surface area contributed by atoms with E-state index in [0.29, 0.717) is 0 Å². The third-order valence-electron chi connectivity index (χ3n) is 3.45. The van der Waals surface area contributed by atoms with Crippen molar-refractivity contribution in [1.82, 2.24) is 5.32 Å². The highest BCUT2D eigenvalue weighted by Gasteiger charge is 2.15. The van der Waals surface area contributed by atoms with Crippen LogP contribution in [0.2, 0.25) is 0 Å². The average molecular weight is 392 g/mol. The van der Waals surface area contributed by atoms with Crippen molar-refractivity contribution in [2.24, 2.45) is 0 Å². The van der Waals surface area contributed by atoms with Gasteiger partial charge >= 0.3 is 5.97 Å². The van der Waals surface area contributed by atoms with E-state index in [1.807, 2.05) is 31.2 Å². The number of amides is 1. The lowest BCUT2D eigenvalue weighted by Crippen LogP contribution is -2.32. The Morgan fingerprint density at radius 2 is 1.75 bits per heavy atom. The fourth-order valence-corrected chi connectivity index (χ4v) is 2.43. The van der Waals surface area contributed by atoms with Gasteiger partial charge in [0.1, 0.15) is 5.75 Å². The van der Waals surface area contributed by atoms with Gasteiger partial charge in [-0.05, 0) is 48.4 Å². The fraction of sp³-hybridized carbons (Fsp3) is 0.222. The van der Waals surface area contributed by atoms with Crippen LogP contribution in [0, 0.1) is 0 Å². The van der Waals surface area contributed by atoms with Crippen LogP contribution in [0.4, 0.5) is 0 Å². The summed E-state index contributed by atoms with van der Waals surface area (Å²) in [7, 11) is 0. The number of carbonyl (C=O) groups is 2. The van der Waals surface area contributed by atoms with Crippen LogP contribution >= 0.6 is 15.9 Å². The van der Waals surface area contributed by atoms with E-state index in [0.717, 1.165) is 16.5 Å². The number of aromatic hydroxyl groups is 1. The fourth-order valence-electron chi connectivity index (χ4n) is 2.16. The number of halogens is 1. The van der Waals surface area contributed by atoms with E-state index in [9.17, 15) is 14.7 Å². The van der Waals surface area contributed by atoms with Gasteiger partial charge in [0.2, 0.25) is 0 Å². The topological polar surface area (TPSA) is 75.6 Å². The molecule has 2 N–H and O–H groups in total. The minimum Gasteiger partial charge on any atom is -0.508 e. The summed E-state index contributed by atoms with van der Waals surface area (Å²) in [5.41, 5.74) is 1.26. The zero-order chi connectivity index (χ0) is 17.5. The molecule has 0 spiro atoms. The second-order valence-corrected chi connectivity index (χ2v) is 6.12. The number of hydrogen-bond acceptors (Lipinski definition) is 4. The maximum Gasteiger partial charge on any atom is 0.338 e. The quantitative estimate of drug-likeness (QED) is 0.737. The highest BCUT2D eigenvalue weighted by atomic mass is 79.9. The zero-order valence-electron chi connectivity index (χ0n) is 13.2. The molecule has 5 nitrogen and oxygen atoms in total. The number of rotatable bonds is 6. The summed E-state index contributed by atoms with van der Waals surface area (Å²) >= 11 is 3.37. The molecule has 0 aliphatic heterocycles. The van der Waals surface area contributed by atoms with Crippen LogP contribution < -0.4 is 5.32 Å². The molecule has 6 heteroatoms. The molecule has 0 unspecified atom stereocenters. The van der Waals surface area contributed by atoms with Crippen molar-refractivity contribution in [1.29, 1.82) is 0 Å². The Kier molecular flexibility index (Phi) is 6.37. The van der Waals surface area contributed by atoms with E-state index in [1.54, 1.807) is 0 Å². The molecule has 0 heterocycles. The first kappa shape index (κ1) is 18.0. The number of ether oxygens (including phenoxy) is 1. The van der Waals surface area contributed by atoms with Crippen molar-refractivity contribution in [2.75, 3.05) is 6.61 Å². The Bertz CT molecular complexity index is 698. The van der Waals surface area contributed by atoms with Crippen molar-refractivity contribution in [2.45, 2.75) is 19.4 Å². The molecule has 0 radical (unpaired) electrons. The molecule has 0 aliphatic carbocycles. The van der Waals surface area contributed by atoms with Crippen LogP contribution in [0.5, 0.6) is 5.75 Å². The van der Waals surface area contributed by atoms with Gasteiger partial charge in [-0.2, -0.15) is 0 Å². The van der Waals surface area contributed by atoms with Gasteiger partial charge in [0, 0.05) is 4.47 Å². The van der Waals surface area contributed by atoms with Gasteiger partial charge in [0.15, 0.2) is 6.61 Å². The van der Waals surface area contributed by atoms with Crippen LogP contribution in [0.1, 0.15) is 35.3 Å². The van der Waals surface area contributed by atoms with Gasteiger partial charge in [-0.1, -0.05) is 35.0 Å². The molecule has 0 fully saturated rings. The van der Waals surface area contributed by atoms with Gasteiger partial charge in [0.25, 0.3) is 5.91 Å². The molecule has 1 amide bonds. The predicted molar refractivity (Wildman–Crippen MR) is 93.7 cm³/mol. The second-order valence-electron chi connectivity index (χ2n) is 5.20. The lowest BCUT2D eigenvalue weighted by atomic mass is 10.0. The highest BCUT2D eigenvalue weighted by Crippen LogP contribution is 2.19. The molecule has 2 aromatic carbocycles. The van der Waals surface area contributed by atoms with E-state index >= 15 is 0 Å². The van der Waals surface area contributed by atoms with E-state index in [-0.39, 0.29) is 29.9 Å². The van der Waals surface area contributed by atoms with Crippen molar-refractivity contribution in [3.8, 4) is 5.75 Å². The monoisotopic (exact) mass is 391 g/mol. The Labute approximate surface area is 148 Å². The van der Waals surface area contributed by atoms with Crippen molar-refractivity contribution >= 4 is 27.8 Å². The molecule has 1 atom stereocenters. The summed E-state index contributed by atoms with van der Waals surface area (Å²) in [6, 6.07) is 13.2. The Balaban J connectivity index is 1.88. The number of phenolic OH excluding ortho intramolecular Hbond substituents is 1. The van der Waals surface area contributed by atoms with E-state index in [1.165, 1.54) is 24.3 Å². The number of benzene rings is 2. The van der Waals surface area contributed by atoms with Gasteiger partial charge in [-0.3, -0.25) is 4.79 Å². The molecule has 0 saturated heterocycles. The van der Waals surface area contributed by atoms with Crippen molar-refractivity contribution in [3.05, 3.63) is 64.1 Å². The molecule has 0 aliphatic rings. The molecular formula is C18H18BrNO4. The lowest BCUT2D eigenvalue weighted by molar-refractivity contribution is -0.125. The molecule has 0 aromatic heterocycles. The lowest BCUT2D eigenvalue weighted by Gasteiger charge is -2.17. The summed E-state index contributed by atoms with van der Waals surface area (Å²) in [6.07, 6.45) is 0.722. The first-order valence-corrected chi connectivity index (χ1v) is 8.30. The van der Waals surface area contributed by atoms with E-state index in [4.69, 9.17) is 4.74 Å². The number of nitrogens with one attached hydrogen (secondary N) is 1. The van der Waals surface area contributed by atoms with Gasteiger partial charge < -0.3 is 15.2 Å². The first-order chi connectivity index (χ1) is 11.5. The maximum absolute atomic E-state index is 12.0. The summed E-state index contributed by atoms with van der Waals surface area (Å²) < 4.78 is 5.96. The van der Waals surface area contributed by atoms with Crippen LogP contribution in [0.15, 0.2) is 53.0 Å². The molecule has 24 heavy (non-hydrogen) atoms. The molecule has 2 rings (SSSR count). The standard InChI is InChI=1S/C18H18BrNO4/c1-2-16(12-3-7-14(19)8-4-12)20-17(22)11-24-18(23)13-5-9-15(21)10-6-13/h3-10,16,21H,2,11H2,1H3,(H,20,22)/t16-/m1/s1. The van der Waals surface area contributed by atoms with E-state index in [2.05, 4.69) is 21.2 Å². The summed E-state index contributed by atoms with van der Waals surface area (Å²) in [6.45, 7) is 1.61. The minimum absolute atomic E-state index is 0.0598. The summed E-state index contributed by atoms with van der Waals surface area (Å²) in [5.74, 6) is -0.914. The van der Waals surface area contributed by atoms with Gasteiger partial charge in [-0.25, -0.2) is 4.79 Å². The summed E-state index contributed by atoms with van der Waals surface area (Å²) in [4.78, 5) is 23.8. The van der Waals surface area contributed by atoms with Crippen molar-refractivity contribution in [3.63, 3.8) is 0 Å². The van der Waals surface area contributed by atoms with E-state index < -0.39 is 5.97 Å². The smallest absolute Gasteiger partial charge is 0.338 e. The highest BCUT2D eigenvalue weighted by molar-refractivity contribution is 9.10. The minimum atomic E-state index is -0.609. The van der Waals surface area contributed by atoms with Gasteiger partial charge in [-0.15, -0.1) is 0 Å². The molecular weight excluding hydrogens is 374 g/mol. The third kappa shape index (κ3) is 5.09. The predicted octanol–water partition coefficient (Wildman–Crippen LogP) is 3.58. The Hall–Kier alpha value is -2.34. The van der Waals surface area contributed by atoms with Crippen LogP contribution in [0.25, 0.3) is 0 Å². The molecule has 2 aromatic rings. The number of carbonyl (C=O) groups excluding carboxylic acids is 2. The Morgan fingerprint density at radius 1 is 1.12 bits per heavy atom. The number of phenols is 1. The Morgan fingerprint density at radius 3 is 2.33 bits per heavy atom. The second kappa shape index (κ2) is 8.49. The maximum atomic E-state index is 12.0. The first-order valence-electron chi connectivity index (χ1n) is 7.50. The molecule has 0 bridgehead atoms. The largest absolute Gasteiger partial charge is 0.508 e. The third-order valence-corrected chi connectivity index (χ3v) is 3.98. The van der Waals surface area contributed by atoms with Crippen LogP contribution in [0.3, 0.4) is 0 Å². The zero-order valence-corrected chi connectivity index (χ0v) is 14.7. The molecule has 126 valence electrons. The number of hydrogen-bond donors (Lipinski definition) is 2. The summed E-state index contributed by atoms with van der Waals surface area (Å²) in [5, 5.41) is 12.0. The molecule has 0 saturated carbocycles. The SMILES string of the molecule is CC[C@@H](NC(=O)COC(=O)c1ccc(O)cc1)c1ccc(Br)cc1. The number of esters is 1.